The second kappa shape index (κ2) is 8.27. The number of amides is 3. The quantitative estimate of drug-likeness (QED) is 0.767. The number of alkyl carbamates (subject to hydrolysis) is 1. The zero-order valence-electron chi connectivity index (χ0n) is 16.2. The summed E-state index contributed by atoms with van der Waals surface area (Å²) in [6.45, 7) is 5.46. The first-order valence-corrected chi connectivity index (χ1v) is 9.85. The third-order valence-corrected chi connectivity index (χ3v) is 4.86. The van der Waals surface area contributed by atoms with Gasteiger partial charge in [-0.2, -0.15) is 5.10 Å². The molecule has 2 aliphatic rings. The van der Waals surface area contributed by atoms with Crippen LogP contribution in [0.15, 0.2) is 23.3 Å². The number of rotatable bonds is 4. The van der Waals surface area contributed by atoms with Crippen LogP contribution in [0.5, 0.6) is 0 Å². The molecule has 1 aromatic rings. The summed E-state index contributed by atoms with van der Waals surface area (Å²) in [5, 5.41) is 6.75. The fourth-order valence-corrected chi connectivity index (χ4v) is 3.41. The van der Waals surface area contributed by atoms with E-state index in [2.05, 4.69) is 15.8 Å². The molecule has 0 bridgehead atoms. The van der Waals surface area contributed by atoms with Gasteiger partial charge in [0.2, 0.25) is 0 Å². The van der Waals surface area contributed by atoms with Gasteiger partial charge in [-0.1, -0.05) is 11.8 Å². The highest BCUT2D eigenvalue weighted by Gasteiger charge is 2.33. The van der Waals surface area contributed by atoms with Gasteiger partial charge in [-0.25, -0.2) is 19.4 Å². The Labute approximate surface area is 171 Å². The van der Waals surface area contributed by atoms with Crippen LogP contribution in [-0.2, 0) is 14.3 Å². The monoisotopic (exact) mass is 424 g/mol. The third-order valence-electron chi connectivity index (χ3n) is 3.86. The summed E-state index contributed by atoms with van der Waals surface area (Å²) in [4.78, 5) is 36.3. The van der Waals surface area contributed by atoms with Crippen molar-refractivity contribution in [3.63, 3.8) is 0 Å². The Morgan fingerprint density at radius 3 is 2.83 bits per heavy atom. The number of halogens is 1. The molecule has 0 aromatic heterocycles. The molecule has 1 saturated heterocycles. The average Bonchev–Trinajstić information content (AvgIpc) is 3.00. The minimum Gasteiger partial charge on any atom is -0.444 e. The van der Waals surface area contributed by atoms with Crippen LogP contribution in [-0.4, -0.2) is 53.7 Å². The van der Waals surface area contributed by atoms with Gasteiger partial charge >= 0.3 is 12.2 Å². The van der Waals surface area contributed by atoms with Crippen LogP contribution in [0, 0.1) is 5.82 Å². The Hall–Kier alpha value is -2.82. The Morgan fingerprint density at radius 2 is 2.21 bits per heavy atom. The highest BCUT2D eigenvalue weighted by molar-refractivity contribution is 8.15. The molecule has 2 N–H and O–H groups in total. The van der Waals surface area contributed by atoms with Crippen molar-refractivity contribution in [2.45, 2.75) is 32.5 Å². The fraction of sp³-hybridized carbons (Fsp3) is 0.444. The molecule has 9 nitrogen and oxygen atoms in total. The second-order valence-corrected chi connectivity index (χ2v) is 8.37. The first-order chi connectivity index (χ1) is 13.6. The lowest BCUT2D eigenvalue weighted by Crippen LogP contribution is -2.38. The van der Waals surface area contributed by atoms with Crippen molar-refractivity contribution in [3.8, 4) is 0 Å². The third kappa shape index (κ3) is 5.37. The van der Waals surface area contributed by atoms with Crippen LogP contribution in [0.2, 0.25) is 0 Å². The number of ether oxygens (including phenoxy) is 2. The molecule has 0 spiro atoms. The lowest BCUT2D eigenvalue weighted by atomic mass is 10.2. The van der Waals surface area contributed by atoms with E-state index in [4.69, 9.17) is 9.47 Å². The van der Waals surface area contributed by atoms with Gasteiger partial charge in [0.25, 0.3) is 5.91 Å². The van der Waals surface area contributed by atoms with E-state index in [-0.39, 0.29) is 30.3 Å². The van der Waals surface area contributed by atoms with Crippen molar-refractivity contribution in [3.05, 3.63) is 29.6 Å². The molecule has 1 atom stereocenters. The number of thioether (sulfide) groups is 1. The summed E-state index contributed by atoms with van der Waals surface area (Å²) in [7, 11) is 0. The molecular weight excluding hydrogens is 403 g/mol. The minimum atomic E-state index is -0.634. The highest BCUT2D eigenvalue weighted by Crippen LogP contribution is 2.26. The van der Waals surface area contributed by atoms with E-state index in [1.807, 2.05) is 0 Å². The van der Waals surface area contributed by atoms with Gasteiger partial charge in [0, 0.05) is 5.56 Å². The molecular formula is C18H21FN4O5S. The van der Waals surface area contributed by atoms with Gasteiger partial charge in [0.05, 0.1) is 24.5 Å². The van der Waals surface area contributed by atoms with Gasteiger partial charge in [-0.15, -0.1) is 0 Å². The van der Waals surface area contributed by atoms with Crippen molar-refractivity contribution in [2.75, 3.05) is 23.7 Å². The lowest BCUT2D eigenvalue weighted by Gasteiger charge is -2.20. The molecule has 2 heterocycles. The smallest absolute Gasteiger partial charge is 0.414 e. The van der Waals surface area contributed by atoms with Crippen molar-refractivity contribution in [1.29, 1.82) is 0 Å². The maximum Gasteiger partial charge on any atom is 0.414 e. The molecule has 0 aliphatic carbocycles. The summed E-state index contributed by atoms with van der Waals surface area (Å²) < 4.78 is 24.9. The van der Waals surface area contributed by atoms with Crippen LogP contribution in [0.4, 0.5) is 19.7 Å². The summed E-state index contributed by atoms with van der Waals surface area (Å²) in [6.07, 6.45) is -1.84. The summed E-state index contributed by atoms with van der Waals surface area (Å²) >= 11 is 1.13. The normalized spacial score (nSPS) is 19.4. The lowest BCUT2D eigenvalue weighted by molar-refractivity contribution is -0.118. The maximum atomic E-state index is 14.6. The first-order valence-electron chi connectivity index (χ1n) is 8.86. The minimum absolute atomic E-state index is 0.0743. The topological polar surface area (TPSA) is 109 Å². The van der Waals surface area contributed by atoms with E-state index in [1.165, 1.54) is 17.0 Å². The summed E-state index contributed by atoms with van der Waals surface area (Å²) in [5.74, 6) is -0.667. The number of cyclic esters (lactones) is 1. The van der Waals surface area contributed by atoms with Crippen molar-refractivity contribution >= 4 is 40.6 Å². The first kappa shape index (κ1) is 20.9. The highest BCUT2D eigenvalue weighted by atomic mass is 32.2. The van der Waals surface area contributed by atoms with Crippen LogP contribution in [0.25, 0.3) is 0 Å². The molecule has 3 rings (SSSR count). The van der Waals surface area contributed by atoms with Crippen LogP contribution in [0.1, 0.15) is 26.3 Å². The number of benzene rings is 1. The average molecular weight is 424 g/mol. The Bertz CT molecular complexity index is 870. The number of hydrogen-bond donors (Lipinski definition) is 2. The molecule has 0 saturated carbocycles. The Balaban J connectivity index is 1.62. The number of hydrazone groups is 1. The molecule has 1 aromatic carbocycles. The number of anilines is 1. The standard InChI is InChI=1S/C18H21FN4O5S/c1-18(2,3)28-16(25)20-7-11-8-23(17(26)27-11)10-4-5-12(13(19)6-10)15-22-21-14(24)9-29-15/h4-6,11H,7-9H2,1-3H3,(H,20,25)(H,21,24). The SMILES string of the molecule is CC(C)(C)OC(=O)NCC1CN(c2ccc(C3=NNC(=O)CS3)c(F)c2)C(=O)O1. The van der Waals surface area contributed by atoms with Gasteiger partial charge in [0.1, 0.15) is 22.6 Å². The zero-order valence-corrected chi connectivity index (χ0v) is 17.0. The molecule has 1 unspecified atom stereocenters. The van der Waals surface area contributed by atoms with E-state index in [0.717, 1.165) is 11.8 Å². The summed E-state index contributed by atoms with van der Waals surface area (Å²) in [5.41, 5.74) is 2.23. The molecule has 156 valence electrons. The molecule has 29 heavy (non-hydrogen) atoms. The van der Waals surface area contributed by atoms with E-state index in [1.54, 1.807) is 26.8 Å². The van der Waals surface area contributed by atoms with Gasteiger partial charge in [0.15, 0.2) is 0 Å². The van der Waals surface area contributed by atoms with Crippen LogP contribution >= 0.6 is 11.8 Å². The maximum absolute atomic E-state index is 14.6. The van der Waals surface area contributed by atoms with E-state index in [9.17, 15) is 18.8 Å². The number of nitrogens with one attached hydrogen (secondary N) is 2. The molecule has 0 radical (unpaired) electrons. The molecule has 1 fully saturated rings. The van der Waals surface area contributed by atoms with Crippen molar-refractivity contribution in [2.24, 2.45) is 5.10 Å². The van der Waals surface area contributed by atoms with Crippen molar-refractivity contribution in [1.82, 2.24) is 10.7 Å². The Kier molecular flexibility index (Phi) is 5.96. The largest absolute Gasteiger partial charge is 0.444 e. The predicted molar refractivity (Wildman–Crippen MR) is 105 cm³/mol. The fourth-order valence-electron chi connectivity index (χ4n) is 2.64. The molecule has 11 heteroatoms. The Morgan fingerprint density at radius 1 is 1.45 bits per heavy atom. The molecule has 3 amide bonds. The van der Waals surface area contributed by atoms with Crippen LogP contribution < -0.4 is 15.6 Å². The second-order valence-electron chi connectivity index (χ2n) is 7.40. The van der Waals surface area contributed by atoms with Crippen molar-refractivity contribution < 1.29 is 28.2 Å². The number of hydrogen-bond acceptors (Lipinski definition) is 7. The van der Waals surface area contributed by atoms with E-state index < -0.39 is 29.7 Å². The number of nitrogens with zero attached hydrogens (tertiary/aromatic N) is 2. The van der Waals surface area contributed by atoms with E-state index >= 15 is 0 Å². The van der Waals surface area contributed by atoms with Crippen LogP contribution in [0.3, 0.4) is 0 Å². The summed E-state index contributed by atoms with van der Waals surface area (Å²) in [6, 6.07) is 4.27. The molecule has 2 aliphatic heterocycles. The number of carbonyl (C=O) groups is 3. The van der Waals surface area contributed by atoms with Gasteiger partial charge in [-0.05, 0) is 39.0 Å². The van der Waals surface area contributed by atoms with E-state index in [0.29, 0.717) is 10.7 Å². The zero-order chi connectivity index (χ0) is 21.2. The predicted octanol–water partition coefficient (Wildman–Crippen LogP) is 2.20. The number of carbonyl (C=O) groups excluding carboxylic acids is 3. The van der Waals surface area contributed by atoms with Gasteiger partial charge < -0.3 is 14.8 Å². The van der Waals surface area contributed by atoms with Gasteiger partial charge in [-0.3, -0.25) is 9.69 Å².